The molecule has 1 aromatic rings. The molecule has 116 valence electrons. The third kappa shape index (κ3) is 2.17. The van der Waals surface area contributed by atoms with Crippen LogP contribution in [0.15, 0.2) is 30.3 Å². The minimum atomic E-state index is -0.0394. The SMILES string of the molecule is O=C1CN2C(=O)CC[C@]23CC[C@@H](OCc2ccccc2)[C@H]1C3. The lowest BCUT2D eigenvalue weighted by Gasteiger charge is -2.50. The molecule has 1 aromatic carbocycles. The van der Waals surface area contributed by atoms with Crippen molar-refractivity contribution < 1.29 is 14.3 Å². The van der Waals surface area contributed by atoms with Crippen LogP contribution in [0.2, 0.25) is 0 Å². The molecule has 4 rings (SSSR count). The van der Waals surface area contributed by atoms with Gasteiger partial charge in [0.2, 0.25) is 5.91 Å². The summed E-state index contributed by atoms with van der Waals surface area (Å²) >= 11 is 0. The molecule has 4 nitrogen and oxygen atoms in total. The van der Waals surface area contributed by atoms with Gasteiger partial charge in [-0.1, -0.05) is 30.3 Å². The number of rotatable bonds is 3. The van der Waals surface area contributed by atoms with E-state index in [2.05, 4.69) is 0 Å². The van der Waals surface area contributed by atoms with Crippen molar-refractivity contribution in [1.82, 2.24) is 4.90 Å². The second-order valence-corrected chi connectivity index (χ2v) is 6.85. The van der Waals surface area contributed by atoms with E-state index in [1.54, 1.807) is 0 Å². The Balaban J connectivity index is 1.47. The van der Waals surface area contributed by atoms with Crippen LogP contribution in [0, 0.1) is 5.92 Å². The molecule has 2 bridgehead atoms. The zero-order chi connectivity index (χ0) is 15.2. The maximum Gasteiger partial charge on any atom is 0.223 e. The zero-order valence-corrected chi connectivity index (χ0v) is 12.7. The zero-order valence-electron chi connectivity index (χ0n) is 12.7. The minimum absolute atomic E-state index is 0.0104. The smallest absolute Gasteiger partial charge is 0.223 e. The van der Waals surface area contributed by atoms with Crippen LogP contribution in [0.25, 0.3) is 0 Å². The molecule has 0 N–H and O–H groups in total. The average molecular weight is 299 g/mol. The van der Waals surface area contributed by atoms with Crippen LogP contribution in [0.3, 0.4) is 0 Å². The van der Waals surface area contributed by atoms with Gasteiger partial charge in [-0.25, -0.2) is 0 Å². The Hall–Kier alpha value is -1.68. The highest BCUT2D eigenvalue weighted by Gasteiger charge is 2.55. The number of Topliss-reactive ketones (excluding diaryl/α,β-unsaturated/α-hetero) is 1. The lowest BCUT2D eigenvalue weighted by atomic mass is 9.68. The highest BCUT2D eigenvalue weighted by Crippen LogP contribution is 2.48. The first-order valence-corrected chi connectivity index (χ1v) is 8.17. The number of amides is 1. The summed E-state index contributed by atoms with van der Waals surface area (Å²) in [6.07, 6.45) is 4.19. The molecule has 1 aliphatic carbocycles. The van der Waals surface area contributed by atoms with Crippen molar-refractivity contribution in [3.8, 4) is 0 Å². The quantitative estimate of drug-likeness (QED) is 0.860. The van der Waals surface area contributed by atoms with Crippen molar-refractivity contribution in [2.45, 2.75) is 50.4 Å². The largest absolute Gasteiger partial charge is 0.373 e. The van der Waals surface area contributed by atoms with E-state index in [1.807, 2.05) is 35.2 Å². The third-order valence-corrected chi connectivity index (χ3v) is 5.66. The van der Waals surface area contributed by atoms with E-state index < -0.39 is 0 Å². The first-order valence-electron chi connectivity index (χ1n) is 8.17. The molecule has 2 saturated heterocycles. The summed E-state index contributed by atoms with van der Waals surface area (Å²) in [5.74, 6) is 0.318. The van der Waals surface area contributed by atoms with Gasteiger partial charge in [0.05, 0.1) is 19.3 Å². The van der Waals surface area contributed by atoms with Gasteiger partial charge in [-0.05, 0) is 31.2 Å². The summed E-state index contributed by atoms with van der Waals surface area (Å²) in [5, 5.41) is 0. The number of carbonyl (C=O) groups is 2. The van der Waals surface area contributed by atoms with Crippen LogP contribution in [0.4, 0.5) is 0 Å². The predicted octanol–water partition coefficient (Wildman–Crippen LogP) is 2.32. The van der Waals surface area contributed by atoms with Gasteiger partial charge in [-0.3, -0.25) is 9.59 Å². The van der Waals surface area contributed by atoms with Crippen LogP contribution in [-0.4, -0.2) is 34.8 Å². The summed E-state index contributed by atoms with van der Waals surface area (Å²) in [6.45, 7) is 0.861. The number of hydrogen-bond donors (Lipinski definition) is 0. The average Bonchev–Trinajstić information content (AvgIpc) is 2.85. The minimum Gasteiger partial charge on any atom is -0.373 e. The standard InChI is InChI=1S/C18H21NO3/c20-15-11-19-17(21)7-9-18(19)8-6-16(14(15)10-18)22-12-13-4-2-1-3-5-13/h1-5,14,16H,6-12H2/t14-,16+,18-/m0/s1. The number of fused-ring (bicyclic) bond motifs is 1. The summed E-state index contributed by atoms with van der Waals surface area (Å²) in [6, 6.07) is 10.1. The summed E-state index contributed by atoms with van der Waals surface area (Å²) in [4.78, 5) is 26.3. The number of ketones is 1. The van der Waals surface area contributed by atoms with Gasteiger partial charge in [0.25, 0.3) is 0 Å². The molecule has 22 heavy (non-hydrogen) atoms. The monoisotopic (exact) mass is 299 g/mol. The van der Waals surface area contributed by atoms with Gasteiger partial charge < -0.3 is 9.64 Å². The molecular formula is C18H21NO3. The van der Waals surface area contributed by atoms with Crippen molar-refractivity contribution in [3.05, 3.63) is 35.9 Å². The van der Waals surface area contributed by atoms with Crippen LogP contribution >= 0.6 is 0 Å². The number of carbonyl (C=O) groups excluding carboxylic acids is 2. The van der Waals surface area contributed by atoms with E-state index in [4.69, 9.17) is 4.74 Å². The second-order valence-electron chi connectivity index (χ2n) is 6.85. The van der Waals surface area contributed by atoms with E-state index in [0.29, 0.717) is 19.6 Å². The Kier molecular flexibility index (Phi) is 3.30. The maximum atomic E-state index is 12.4. The highest BCUT2D eigenvalue weighted by molar-refractivity contribution is 5.91. The number of ether oxygens (including phenoxy) is 1. The molecule has 4 heteroatoms. The van der Waals surface area contributed by atoms with Gasteiger partial charge >= 0.3 is 0 Å². The summed E-state index contributed by atoms with van der Waals surface area (Å²) < 4.78 is 6.07. The van der Waals surface area contributed by atoms with Gasteiger partial charge in [0.1, 0.15) is 0 Å². The van der Waals surface area contributed by atoms with Gasteiger partial charge in [0, 0.05) is 17.9 Å². The van der Waals surface area contributed by atoms with E-state index in [0.717, 1.165) is 31.2 Å². The fourth-order valence-corrected chi connectivity index (χ4v) is 4.43. The van der Waals surface area contributed by atoms with Crippen molar-refractivity contribution in [3.63, 3.8) is 0 Å². The Labute approximate surface area is 130 Å². The van der Waals surface area contributed by atoms with Gasteiger partial charge in [-0.15, -0.1) is 0 Å². The van der Waals surface area contributed by atoms with Crippen LogP contribution in [0.1, 0.15) is 37.7 Å². The third-order valence-electron chi connectivity index (χ3n) is 5.66. The molecule has 0 unspecified atom stereocenters. The molecule has 1 amide bonds. The number of hydrogen-bond acceptors (Lipinski definition) is 3. The van der Waals surface area contributed by atoms with Crippen LogP contribution in [0.5, 0.6) is 0 Å². The molecule has 1 saturated carbocycles. The molecule has 0 aromatic heterocycles. The van der Waals surface area contributed by atoms with Crippen molar-refractivity contribution in [2.24, 2.45) is 5.92 Å². The van der Waals surface area contributed by atoms with Crippen molar-refractivity contribution >= 4 is 11.7 Å². The maximum absolute atomic E-state index is 12.4. The topological polar surface area (TPSA) is 46.6 Å². The Bertz CT molecular complexity index is 600. The molecule has 3 aliphatic rings. The molecule has 0 radical (unpaired) electrons. The first-order chi connectivity index (χ1) is 10.7. The van der Waals surface area contributed by atoms with Crippen molar-refractivity contribution in [2.75, 3.05) is 6.54 Å². The number of nitrogens with zero attached hydrogens (tertiary/aromatic N) is 1. The normalized spacial score (nSPS) is 33.9. The molecule has 2 heterocycles. The predicted molar refractivity (Wildman–Crippen MR) is 81.0 cm³/mol. The summed E-state index contributed by atoms with van der Waals surface area (Å²) in [7, 11) is 0. The van der Waals surface area contributed by atoms with E-state index in [-0.39, 0.29) is 29.3 Å². The first kappa shape index (κ1) is 13.9. The van der Waals surface area contributed by atoms with Gasteiger partial charge in [-0.2, -0.15) is 0 Å². The fourth-order valence-electron chi connectivity index (χ4n) is 4.43. The van der Waals surface area contributed by atoms with E-state index >= 15 is 0 Å². The van der Waals surface area contributed by atoms with Crippen LogP contribution < -0.4 is 0 Å². The second kappa shape index (κ2) is 5.20. The highest BCUT2D eigenvalue weighted by atomic mass is 16.5. The molecule has 3 atom stereocenters. The number of piperidine rings is 1. The Morgan fingerprint density at radius 1 is 1.18 bits per heavy atom. The lowest BCUT2D eigenvalue weighted by molar-refractivity contribution is -0.156. The van der Waals surface area contributed by atoms with E-state index in [1.165, 1.54) is 0 Å². The molecule has 2 aliphatic heterocycles. The molecule has 3 fully saturated rings. The Morgan fingerprint density at radius 2 is 2.00 bits per heavy atom. The lowest BCUT2D eigenvalue weighted by Crippen LogP contribution is -2.60. The van der Waals surface area contributed by atoms with Crippen molar-refractivity contribution in [1.29, 1.82) is 0 Å². The molecule has 1 spiro atoms. The fraction of sp³-hybridized carbons (Fsp3) is 0.556. The summed E-state index contributed by atoms with van der Waals surface area (Å²) in [5.41, 5.74) is 1.10. The van der Waals surface area contributed by atoms with E-state index in [9.17, 15) is 9.59 Å². The Morgan fingerprint density at radius 3 is 2.82 bits per heavy atom. The number of benzene rings is 1. The van der Waals surface area contributed by atoms with Crippen LogP contribution in [-0.2, 0) is 20.9 Å². The van der Waals surface area contributed by atoms with Gasteiger partial charge in [0.15, 0.2) is 5.78 Å². The molecular weight excluding hydrogens is 278 g/mol.